The van der Waals surface area contributed by atoms with Crippen LogP contribution in [0.5, 0.6) is 0 Å². The van der Waals surface area contributed by atoms with Gasteiger partial charge in [-0.05, 0) is 12.1 Å². The Morgan fingerprint density at radius 1 is 1.47 bits per heavy atom. The zero-order valence-corrected chi connectivity index (χ0v) is 9.21. The molecule has 0 atom stereocenters. The van der Waals surface area contributed by atoms with Crippen LogP contribution >= 0.6 is 0 Å². The SMILES string of the molecule is COC(=O)Cn1[nH]c(-c2ccncc2)cc1=O. The van der Waals surface area contributed by atoms with Crippen LogP contribution in [0.1, 0.15) is 0 Å². The van der Waals surface area contributed by atoms with E-state index >= 15 is 0 Å². The molecular weight excluding hydrogens is 222 g/mol. The summed E-state index contributed by atoms with van der Waals surface area (Å²) in [5.41, 5.74) is 1.20. The highest BCUT2D eigenvalue weighted by Crippen LogP contribution is 2.12. The van der Waals surface area contributed by atoms with Crippen LogP contribution in [-0.2, 0) is 16.1 Å². The minimum absolute atomic E-state index is 0.125. The van der Waals surface area contributed by atoms with E-state index in [2.05, 4.69) is 14.8 Å². The molecule has 0 aromatic carbocycles. The maximum Gasteiger partial charge on any atom is 0.327 e. The molecule has 6 nitrogen and oxygen atoms in total. The number of methoxy groups -OCH3 is 1. The number of rotatable bonds is 3. The molecule has 17 heavy (non-hydrogen) atoms. The maximum atomic E-state index is 11.6. The molecule has 0 aliphatic carbocycles. The lowest BCUT2D eigenvalue weighted by Gasteiger charge is -2.00. The van der Waals surface area contributed by atoms with Crippen molar-refractivity contribution >= 4 is 5.97 Å². The third-order valence-corrected chi connectivity index (χ3v) is 2.30. The van der Waals surface area contributed by atoms with Crippen molar-refractivity contribution < 1.29 is 9.53 Å². The lowest BCUT2D eigenvalue weighted by Crippen LogP contribution is -2.22. The zero-order valence-electron chi connectivity index (χ0n) is 9.21. The molecular formula is C11H11N3O3. The highest BCUT2D eigenvalue weighted by atomic mass is 16.5. The summed E-state index contributed by atoms with van der Waals surface area (Å²) < 4.78 is 5.69. The van der Waals surface area contributed by atoms with E-state index in [4.69, 9.17) is 0 Å². The minimum atomic E-state index is -0.477. The Morgan fingerprint density at radius 3 is 2.82 bits per heavy atom. The van der Waals surface area contributed by atoms with Crippen molar-refractivity contribution in [2.75, 3.05) is 7.11 Å². The van der Waals surface area contributed by atoms with E-state index in [1.807, 2.05) is 0 Å². The number of ether oxygens (including phenoxy) is 1. The predicted octanol–water partition coefficient (Wildman–Crippen LogP) is 0.411. The van der Waals surface area contributed by atoms with Gasteiger partial charge in [-0.3, -0.25) is 19.7 Å². The van der Waals surface area contributed by atoms with Crippen molar-refractivity contribution in [3.63, 3.8) is 0 Å². The Kier molecular flexibility index (Phi) is 3.04. The van der Waals surface area contributed by atoms with Crippen LogP contribution in [0.25, 0.3) is 11.3 Å². The Balaban J connectivity index is 2.31. The zero-order chi connectivity index (χ0) is 12.3. The van der Waals surface area contributed by atoms with E-state index in [-0.39, 0.29) is 12.1 Å². The molecule has 1 N–H and O–H groups in total. The molecule has 0 radical (unpaired) electrons. The molecule has 0 spiro atoms. The van der Waals surface area contributed by atoms with E-state index < -0.39 is 5.97 Å². The normalized spacial score (nSPS) is 10.2. The molecule has 0 aliphatic rings. The number of H-pyrrole nitrogens is 1. The van der Waals surface area contributed by atoms with E-state index in [9.17, 15) is 9.59 Å². The Labute approximate surface area is 96.8 Å². The second-order valence-electron chi connectivity index (χ2n) is 3.41. The van der Waals surface area contributed by atoms with Crippen LogP contribution in [0.15, 0.2) is 35.4 Å². The van der Waals surface area contributed by atoms with Crippen LogP contribution < -0.4 is 5.56 Å². The van der Waals surface area contributed by atoms with Gasteiger partial charge in [-0.2, -0.15) is 0 Å². The standard InChI is InChI=1S/C11H11N3O3/c1-17-11(16)7-14-10(15)6-9(13-14)8-2-4-12-5-3-8/h2-6,13H,7H2,1H3. The summed E-state index contributed by atoms with van der Waals surface area (Å²) in [5.74, 6) is -0.477. The van der Waals surface area contributed by atoms with E-state index in [1.54, 1.807) is 24.5 Å². The second kappa shape index (κ2) is 4.65. The average molecular weight is 233 g/mol. The largest absolute Gasteiger partial charge is 0.468 e. The number of nitrogens with zero attached hydrogens (tertiary/aromatic N) is 2. The average Bonchev–Trinajstić information content (AvgIpc) is 2.72. The molecule has 0 saturated heterocycles. The smallest absolute Gasteiger partial charge is 0.327 e. The molecule has 2 aromatic rings. The van der Waals surface area contributed by atoms with Gasteiger partial charge in [-0.25, -0.2) is 4.68 Å². The fourth-order valence-electron chi connectivity index (χ4n) is 1.42. The molecule has 0 fully saturated rings. The highest BCUT2D eigenvalue weighted by molar-refractivity contribution is 5.69. The van der Waals surface area contributed by atoms with Crippen molar-refractivity contribution in [1.29, 1.82) is 0 Å². The van der Waals surface area contributed by atoms with E-state index in [0.717, 1.165) is 5.56 Å². The molecule has 2 rings (SSSR count). The first-order chi connectivity index (χ1) is 8.20. The predicted molar refractivity (Wildman–Crippen MR) is 60.3 cm³/mol. The third-order valence-electron chi connectivity index (χ3n) is 2.30. The summed E-state index contributed by atoms with van der Waals surface area (Å²) in [4.78, 5) is 26.5. The van der Waals surface area contributed by atoms with Crippen LogP contribution in [0.3, 0.4) is 0 Å². The molecule has 2 heterocycles. The molecule has 0 unspecified atom stereocenters. The number of esters is 1. The third kappa shape index (κ3) is 2.41. The van der Waals surface area contributed by atoms with Gasteiger partial charge in [0.2, 0.25) is 0 Å². The van der Waals surface area contributed by atoms with E-state index in [1.165, 1.54) is 17.9 Å². The van der Waals surface area contributed by atoms with Crippen molar-refractivity contribution in [2.24, 2.45) is 0 Å². The minimum Gasteiger partial charge on any atom is -0.468 e. The number of carbonyl (C=O) groups is 1. The van der Waals surface area contributed by atoms with Gasteiger partial charge in [0.05, 0.1) is 12.8 Å². The van der Waals surface area contributed by atoms with Crippen LogP contribution in [0.4, 0.5) is 0 Å². The molecule has 6 heteroatoms. The molecule has 0 amide bonds. The summed E-state index contributed by atoms with van der Waals surface area (Å²) in [6.07, 6.45) is 3.26. The summed E-state index contributed by atoms with van der Waals surface area (Å²) in [7, 11) is 1.28. The number of aromatic nitrogens is 3. The van der Waals surface area contributed by atoms with Crippen molar-refractivity contribution in [2.45, 2.75) is 6.54 Å². The Hall–Kier alpha value is -2.37. The van der Waals surface area contributed by atoms with Gasteiger partial charge in [-0.1, -0.05) is 0 Å². The number of hydrogen-bond acceptors (Lipinski definition) is 4. The summed E-state index contributed by atoms with van der Waals surface area (Å²) >= 11 is 0. The summed E-state index contributed by atoms with van der Waals surface area (Å²) in [5, 5.41) is 2.84. The van der Waals surface area contributed by atoms with Gasteiger partial charge in [-0.15, -0.1) is 0 Å². The second-order valence-corrected chi connectivity index (χ2v) is 3.41. The van der Waals surface area contributed by atoms with Crippen LogP contribution in [0, 0.1) is 0 Å². The first-order valence-corrected chi connectivity index (χ1v) is 4.98. The number of pyridine rings is 1. The Bertz CT molecular complexity index is 571. The topological polar surface area (TPSA) is 77.0 Å². The van der Waals surface area contributed by atoms with Gasteiger partial charge >= 0.3 is 5.97 Å². The fraction of sp³-hybridized carbons (Fsp3) is 0.182. The number of aromatic amines is 1. The van der Waals surface area contributed by atoms with Crippen molar-refractivity contribution in [3.8, 4) is 11.3 Å². The van der Waals surface area contributed by atoms with Gasteiger partial charge in [0.1, 0.15) is 6.54 Å². The summed E-state index contributed by atoms with van der Waals surface area (Å²) in [6.45, 7) is -0.125. The number of carbonyl (C=O) groups excluding carboxylic acids is 1. The van der Waals surface area contributed by atoms with Gasteiger partial charge in [0, 0.05) is 24.0 Å². The molecule has 0 bridgehead atoms. The van der Waals surface area contributed by atoms with Crippen molar-refractivity contribution in [3.05, 3.63) is 40.9 Å². The number of hydrogen-bond donors (Lipinski definition) is 1. The van der Waals surface area contributed by atoms with E-state index in [0.29, 0.717) is 5.69 Å². The molecule has 2 aromatic heterocycles. The van der Waals surface area contributed by atoms with Crippen LogP contribution in [0.2, 0.25) is 0 Å². The number of nitrogens with one attached hydrogen (secondary N) is 1. The lowest BCUT2D eigenvalue weighted by atomic mass is 10.2. The Morgan fingerprint density at radius 2 is 2.18 bits per heavy atom. The molecule has 0 aliphatic heterocycles. The van der Waals surface area contributed by atoms with Gasteiger partial charge in [0.15, 0.2) is 0 Å². The maximum absolute atomic E-state index is 11.6. The first kappa shape index (κ1) is 11.1. The van der Waals surface area contributed by atoms with Gasteiger partial charge in [0.25, 0.3) is 5.56 Å². The molecule has 88 valence electrons. The highest BCUT2D eigenvalue weighted by Gasteiger charge is 2.08. The first-order valence-electron chi connectivity index (χ1n) is 4.98. The lowest BCUT2D eigenvalue weighted by molar-refractivity contribution is -0.141. The monoisotopic (exact) mass is 233 g/mol. The van der Waals surface area contributed by atoms with Gasteiger partial charge < -0.3 is 4.74 Å². The van der Waals surface area contributed by atoms with Crippen LogP contribution in [-0.4, -0.2) is 27.8 Å². The van der Waals surface area contributed by atoms with Crippen molar-refractivity contribution in [1.82, 2.24) is 14.8 Å². The fourth-order valence-corrected chi connectivity index (χ4v) is 1.42. The molecule has 0 saturated carbocycles. The quantitative estimate of drug-likeness (QED) is 0.779. The summed E-state index contributed by atoms with van der Waals surface area (Å²) in [6, 6.07) is 4.97.